The minimum absolute atomic E-state index is 0.0628. The summed E-state index contributed by atoms with van der Waals surface area (Å²) < 4.78 is 0. The molecule has 0 unspecified atom stereocenters. The van der Waals surface area contributed by atoms with Crippen LogP contribution in [0.4, 0.5) is 11.4 Å². The molecule has 0 radical (unpaired) electrons. The van der Waals surface area contributed by atoms with Crippen LogP contribution in [0.2, 0.25) is 0 Å². The van der Waals surface area contributed by atoms with Crippen LogP contribution in [0.5, 0.6) is 0 Å². The third-order valence-corrected chi connectivity index (χ3v) is 8.30. The average molecular weight is 424 g/mol. The van der Waals surface area contributed by atoms with E-state index >= 15 is 0 Å². The number of rotatable bonds is 5. The molecule has 0 spiro atoms. The molecule has 1 aromatic rings. The fraction of sp³-hybridized carbons (Fsp3) is 0.692. The summed E-state index contributed by atoms with van der Waals surface area (Å²) in [5, 5.41) is 3.17. The standard InChI is InChI=1S/C26H37N3O2/c1-18(2)25(31)29-9-7-28(8-10-29)23-5-3-22(4-6-23)27-24(30)17-26-14-19-11-20(15-26)13-21(12-19)16-26/h3-6,18-21H,7-17H2,1-2H3,(H,27,30). The Morgan fingerprint density at radius 1 is 0.935 bits per heavy atom. The molecule has 31 heavy (non-hydrogen) atoms. The summed E-state index contributed by atoms with van der Waals surface area (Å²) in [4.78, 5) is 29.4. The van der Waals surface area contributed by atoms with Gasteiger partial charge in [-0.1, -0.05) is 13.8 Å². The predicted molar refractivity (Wildman–Crippen MR) is 124 cm³/mol. The molecule has 5 fully saturated rings. The molecule has 168 valence electrons. The van der Waals surface area contributed by atoms with Gasteiger partial charge in [-0.15, -0.1) is 0 Å². The van der Waals surface area contributed by atoms with Crippen LogP contribution in [0.25, 0.3) is 0 Å². The smallest absolute Gasteiger partial charge is 0.225 e. The van der Waals surface area contributed by atoms with Gasteiger partial charge in [-0.05, 0) is 86.0 Å². The highest BCUT2D eigenvalue weighted by Gasteiger charge is 2.51. The van der Waals surface area contributed by atoms with Crippen molar-refractivity contribution in [3.05, 3.63) is 24.3 Å². The van der Waals surface area contributed by atoms with E-state index in [-0.39, 0.29) is 23.1 Å². The van der Waals surface area contributed by atoms with E-state index in [0.717, 1.165) is 55.3 Å². The maximum Gasteiger partial charge on any atom is 0.225 e. The molecule has 4 aliphatic carbocycles. The number of carbonyl (C=O) groups is 2. The van der Waals surface area contributed by atoms with Crippen molar-refractivity contribution < 1.29 is 9.59 Å². The Balaban J connectivity index is 1.14. The quantitative estimate of drug-likeness (QED) is 0.757. The molecule has 1 aromatic carbocycles. The van der Waals surface area contributed by atoms with Crippen molar-refractivity contribution in [2.45, 2.75) is 58.8 Å². The predicted octanol–water partition coefficient (Wildman–Crippen LogP) is 4.54. The highest BCUT2D eigenvalue weighted by molar-refractivity contribution is 5.91. The first-order chi connectivity index (χ1) is 14.9. The molecular formula is C26H37N3O2. The van der Waals surface area contributed by atoms with E-state index in [1.807, 2.05) is 30.9 Å². The Labute approximate surface area is 186 Å². The van der Waals surface area contributed by atoms with E-state index < -0.39 is 0 Å². The topological polar surface area (TPSA) is 52.7 Å². The lowest BCUT2D eigenvalue weighted by Crippen LogP contribution is -2.49. The van der Waals surface area contributed by atoms with Crippen molar-refractivity contribution >= 4 is 23.2 Å². The van der Waals surface area contributed by atoms with Crippen LogP contribution < -0.4 is 10.2 Å². The van der Waals surface area contributed by atoms with Crippen LogP contribution in [0, 0.1) is 29.1 Å². The second-order valence-corrected chi connectivity index (χ2v) is 11.2. The number of benzene rings is 1. The minimum Gasteiger partial charge on any atom is -0.368 e. The van der Waals surface area contributed by atoms with Crippen LogP contribution in [0.1, 0.15) is 58.8 Å². The highest BCUT2D eigenvalue weighted by atomic mass is 16.2. The molecular weight excluding hydrogens is 386 g/mol. The minimum atomic E-state index is 0.0628. The molecule has 4 bridgehead atoms. The zero-order valence-electron chi connectivity index (χ0n) is 19.1. The Bertz CT molecular complexity index is 788. The van der Waals surface area contributed by atoms with Crippen LogP contribution in [-0.4, -0.2) is 42.9 Å². The number of carbonyl (C=O) groups excluding carboxylic acids is 2. The van der Waals surface area contributed by atoms with Gasteiger partial charge in [0.1, 0.15) is 0 Å². The van der Waals surface area contributed by atoms with Crippen LogP contribution in [0.3, 0.4) is 0 Å². The first kappa shape index (κ1) is 20.8. The normalized spacial score (nSPS) is 31.9. The molecule has 5 heteroatoms. The molecule has 1 N–H and O–H groups in total. The van der Waals surface area contributed by atoms with Gasteiger partial charge in [-0.2, -0.15) is 0 Å². The van der Waals surface area contributed by atoms with Gasteiger partial charge in [0.25, 0.3) is 0 Å². The van der Waals surface area contributed by atoms with Crippen molar-refractivity contribution in [3.63, 3.8) is 0 Å². The Kier molecular flexibility index (Phi) is 5.47. The maximum absolute atomic E-state index is 12.9. The van der Waals surface area contributed by atoms with E-state index in [0.29, 0.717) is 6.42 Å². The first-order valence-corrected chi connectivity index (χ1v) is 12.3. The van der Waals surface area contributed by atoms with Crippen molar-refractivity contribution in [1.29, 1.82) is 0 Å². The molecule has 6 rings (SSSR count). The lowest BCUT2D eigenvalue weighted by atomic mass is 9.49. The Morgan fingerprint density at radius 2 is 1.48 bits per heavy atom. The zero-order valence-corrected chi connectivity index (χ0v) is 19.1. The van der Waals surface area contributed by atoms with Gasteiger partial charge in [-0.25, -0.2) is 0 Å². The van der Waals surface area contributed by atoms with Gasteiger partial charge in [0, 0.05) is 49.9 Å². The summed E-state index contributed by atoms with van der Waals surface area (Å²) in [7, 11) is 0. The van der Waals surface area contributed by atoms with Gasteiger partial charge >= 0.3 is 0 Å². The summed E-state index contributed by atoms with van der Waals surface area (Å²) in [6.07, 6.45) is 8.78. The third kappa shape index (κ3) is 4.33. The number of piperazine rings is 1. The first-order valence-electron chi connectivity index (χ1n) is 12.3. The summed E-state index contributed by atoms with van der Waals surface area (Å²) in [6.45, 7) is 7.20. The van der Waals surface area contributed by atoms with Crippen LogP contribution in [0.15, 0.2) is 24.3 Å². The molecule has 0 atom stereocenters. The Hall–Kier alpha value is -2.04. The summed E-state index contributed by atoms with van der Waals surface area (Å²) >= 11 is 0. The van der Waals surface area contributed by atoms with Crippen molar-refractivity contribution in [1.82, 2.24) is 4.90 Å². The molecule has 0 aromatic heterocycles. The number of amides is 2. The van der Waals surface area contributed by atoms with E-state index in [1.54, 1.807) is 0 Å². The molecule has 1 saturated heterocycles. The van der Waals surface area contributed by atoms with Crippen molar-refractivity contribution in [2.24, 2.45) is 29.1 Å². The van der Waals surface area contributed by atoms with Crippen molar-refractivity contribution in [3.8, 4) is 0 Å². The zero-order chi connectivity index (χ0) is 21.6. The summed E-state index contributed by atoms with van der Waals surface area (Å²) in [6, 6.07) is 8.25. The Morgan fingerprint density at radius 3 is 2.00 bits per heavy atom. The fourth-order valence-electron chi connectivity index (χ4n) is 7.36. The SMILES string of the molecule is CC(C)C(=O)N1CCN(c2ccc(NC(=O)CC34CC5CC(CC(C5)C3)C4)cc2)CC1. The second kappa shape index (κ2) is 8.14. The van der Waals surface area contributed by atoms with E-state index in [9.17, 15) is 9.59 Å². The highest BCUT2D eigenvalue weighted by Crippen LogP contribution is 2.61. The van der Waals surface area contributed by atoms with Gasteiger partial charge in [0.05, 0.1) is 0 Å². The lowest BCUT2D eigenvalue weighted by molar-refractivity contribution is -0.134. The molecule has 5 aliphatic rings. The van der Waals surface area contributed by atoms with Gasteiger partial charge in [0.15, 0.2) is 0 Å². The molecule has 2 amide bonds. The van der Waals surface area contributed by atoms with Gasteiger partial charge in [0.2, 0.25) is 11.8 Å². The van der Waals surface area contributed by atoms with E-state index in [4.69, 9.17) is 0 Å². The summed E-state index contributed by atoms with van der Waals surface area (Å²) in [5.74, 6) is 3.15. The van der Waals surface area contributed by atoms with Crippen molar-refractivity contribution in [2.75, 3.05) is 36.4 Å². The number of anilines is 2. The van der Waals surface area contributed by atoms with E-state index in [2.05, 4.69) is 22.3 Å². The van der Waals surface area contributed by atoms with E-state index in [1.165, 1.54) is 38.5 Å². The van der Waals surface area contributed by atoms with Crippen LogP contribution in [-0.2, 0) is 9.59 Å². The second-order valence-electron chi connectivity index (χ2n) is 11.2. The monoisotopic (exact) mass is 423 g/mol. The van der Waals surface area contributed by atoms with Gasteiger partial charge < -0.3 is 15.1 Å². The molecule has 1 heterocycles. The summed E-state index contributed by atoms with van der Waals surface area (Å²) in [5.41, 5.74) is 2.34. The number of hydrogen-bond donors (Lipinski definition) is 1. The number of nitrogens with zero attached hydrogens (tertiary/aromatic N) is 2. The number of nitrogens with one attached hydrogen (secondary N) is 1. The van der Waals surface area contributed by atoms with Gasteiger partial charge in [-0.3, -0.25) is 9.59 Å². The maximum atomic E-state index is 12.9. The largest absolute Gasteiger partial charge is 0.368 e. The van der Waals surface area contributed by atoms with Crippen LogP contribution >= 0.6 is 0 Å². The average Bonchev–Trinajstić information content (AvgIpc) is 2.72. The number of hydrogen-bond acceptors (Lipinski definition) is 3. The molecule has 4 saturated carbocycles. The molecule has 5 nitrogen and oxygen atoms in total. The third-order valence-electron chi connectivity index (χ3n) is 8.30. The lowest BCUT2D eigenvalue weighted by Gasteiger charge is -2.56. The fourth-order valence-corrected chi connectivity index (χ4v) is 7.36. The molecule has 1 aliphatic heterocycles.